The molecule has 0 saturated carbocycles. The first-order valence-corrected chi connectivity index (χ1v) is 5.86. The third-order valence-corrected chi connectivity index (χ3v) is 2.75. The smallest absolute Gasteiger partial charge is 0.315 e. The maximum atomic E-state index is 11.5. The van der Waals surface area contributed by atoms with Crippen LogP contribution in [0.3, 0.4) is 0 Å². The van der Waals surface area contributed by atoms with Crippen LogP contribution in [0.5, 0.6) is 0 Å². The van der Waals surface area contributed by atoms with E-state index in [-0.39, 0.29) is 12.1 Å². The number of carboxylic acids is 1. The fraction of sp³-hybridized carbons (Fsp3) is 0.455. The second-order valence-electron chi connectivity index (χ2n) is 4.16. The fourth-order valence-electron chi connectivity index (χ4n) is 1.80. The number of rotatable bonds is 5. The third kappa shape index (κ3) is 3.80. The van der Waals surface area contributed by atoms with E-state index in [1.54, 1.807) is 12.2 Å². The summed E-state index contributed by atoms with van der Waals surface area (Å²) in [5.74, 6) is -0.951. The van der Waals surface area contributed by atoms with Crippen molar-refractivity contribution in [1.29, 1.82) is 0 Å². The van der Waals surface area contributed by atoms with Gasteiger partial charge in [-0.3, -0.25) is 4.79 Å². The first kappa shape index (κ1) is 13.1. The molecule has 19 heavy (non-hydrogen) atoms. The first-order valence-electron chi connectivity index (χ1n) is 5.86. The van der Waals surface area contributed by atoms with Crippen LogP contribution >= 0.6 is 0 Å². The average molecular weight is 266 g/mol. The van der Waals surface area contributed by atoms with Gasteiger partial charge >= 0.3 is 12.0 Å². The molecular weight excluding hydrogens is 252 g/mol. The Hall–Kier alpha value is -2.38. The SMILES string of the molecule is O=C(NCCc1ncno1)NC1C=CC(C(=O)O)C1. The molecule has 0 aromatic carbocycles. The number of nitrogens with zero attached hydrogens (tertiary/aromatic N) is 2. The summed E-state index contributed by atoms with van der Waals surface area (Å²) in [4.78, 5) is 26.1. The molecule has 2 amide bonds. The number of hydrogen-bond acceptors (Lipinski definition) is 5. The maximum absolute atomic E-state index is 11.5. The van der Waals surface area contributed by atoms with Gasteiger partial charge in [0.2, 0.25) is 5.89 Å². The molecule has 2 atom stereocenters. The zero-order valence-electron chi connectivity index (χ0n) is 10.1. The Balaban J connectivity index is 1.65. The minimum atomic E-state index is -0.877. The topological polar surface area (TPSA) is 117 Å². The summed E-state index contributed by atoms with van der Waals surface area (Å²) in [5, 5.41) is 17.6. The Bertz CT molecular complexity index is 471. The molecule has 0 bridgehead atoms. The molecule has 1 aliphatic rings. The van der Waals surface area contributed by atoms with Crippen molar-refractivity contribution < 1.29 is 19.2 Å². The van der Waals surface area contributed by atoms with Gasteiger partial charge in [0.1, 0.15) is 0 Å². The monoisotopic (exact) mass is 266 g/mol. The molecule has 2 unspecified atom stereocenters. The zero-order valence-corrected chi connectivity index (χ0v) is 10.1. The Morgan fingerprint density at radius 1 is 1.47 bits per heavy atom. The number of amides is 2. The summed E-state index contributed by atoms with van der Waals surface area (Å²) >= 11 is 0. The molecule has 0 saturated heterocycles. The van der Waals surface area contributed by atoms with Gasteiger partial charge in [0, 0.05) is 13.0 Å². The minimum Gasteiger partial charge on any atom is -0.481 e. The summed E-state index contributed by atoms with van der Waals surface area (Å²) in [6.07, 6.45) is 5.41. The van der Waals surface area contributed by atoms with E-state index in [2.05, 4.69) is 20.8 Å². The normalized spacial score (nSPS) is 21.3. The van der Waals surface area contributed by atoms with E-state index in [0.717, 1.165) is 0 Å². The molecule has 1 aromatic rings. The highest BCUT2D eigenvalue weighted by Crippen LogP contribution is 2.17. The Morgan fingerprint density at radius 3 is 2.95 bits per heavy atom. The average Bonchev–Trinajstić information content (AvgIpc) is 3.00. The predicted octanol–water partition coefficient (Wildman–Crippen LogP) is -0.0594. The molecular formula is C11H14N4O4. The summed E-state index contributed by atoms with van der Waals surface area (Å²) in [6, 6.07) is -0.593. The summed E-state index contributed by atoms with van der Waals surface area (Å²) in [6.45, 7) is 0.368. The largest absolute Gasteiger partial charge is 0.481 e. The summed E-state index contributed by atoms with van der Waals surface area (Å²) in [7, 11) is 0. The summed E-state index contributed by atoms with van der Waals surface area (Å²) < 4.78 is 4.78. The Labute approximate surface area is 108 Å². The van der Waals surface area contributed by atoms with Crippen molar-refractivity contribution in [3.8, 4) is 0 Å². The Morgan fingerprint density at radius 2 is 2.32 bits per heavy atom. The van der Waals surface area contributed by atoms with Crippen molar-refractivity contribution in [3.05, 3.63) is 24.4 Å². The standard InChI is InChI=1S/C11H14N4O4/c16-10(17)7-1-2-8(5-7)15-11(18)12-4-3-9-13-6-14-19-9/h1-2,6-8H,3-5H2,(H,16,17)(H2,12,15,18). The van der Waals surface area contributed by atoms with Gasteiger partial charge in [0.25, 0.3) is 0 Å². The number of aliphatic carboxylic acids is 1. The van der Waals surface area contributed by atoms with Gasteiger partial charge in [-0.1, -0.05) is 17.3 Å². The van der Waals surface area contributed by atoms with Crippen LogP contribution in [-0.2, 0) is 11.2 Å². The van der Waals surface area contributed by atoms with Crippen molar-refractivity contribution in [2.75, 3.05) is 6.54 Å². The van der Waals surface area contributed by atoms with Gasteiger partial charge in [-0.25, -0.2) is 4.79 Å². The molecule has 2 rings (SSSR count). The molecule has 3 N–H and O–H groups in total. The van der Waals surface area contributed by atoms with E-state index >= 15 is 0 Å². The van der Waals surface area contributed by atoms with Crippen LogP contribution < -0.4 is 10.6 Å². The second kappa shape index (κ2) is 5.98. The van der Waals surface area contributed by atoms with Crippen molar-refractivity contribution in [2.24, 2.45) is 5.92 Å². The van der Waals surface area contributed by atoms with E-state index in [4.69, 9.17) is 9.63 Å². The number of nitrogens with one attached hydrogen (secondary N) is 2. The minimum absolute atomic E-state index is 0.246. The van der Waals surface area contributed by atoms with E-state index in [1.807, 2.05) is 0 Å². The van der Waals surface area contributed by atoms with Crippen LogP contribution in [-0.4, -0.2) is 39.8 Å². The number of carbonyl (C=O) groups is 2. The molecule has 1 heterocycles. The van der Waals surface area contributed by atoms with Crippen molar-refractivity contribution in [3.63, 3.8) is 0 Å². The van der Waals surface area contributed by atoms with E-state index in [1.165, 1.54) is 6.33 Å². The molecule has 102 valence electrons. The number of aromatic nitrogens is 2. The predicted molar refractivity (Wildman–Crippen MR) is 63.2 cm³/mol. The lowest BCUT2D eigenvalue weighted by Crippen LogP contribution is -2.41. The Kier molecular flexibility index (Phi) is 4.11. The van der Waals surface area contributed by atoms with Gasteiger partial charge < -0.3 is 20.3 Å². The lowest BCUT2D eigenvalue weighted by Gasteiger charge is -2.12. The third-order valence-electron chi connectivity index (χ3n) is 2.75. The summed E-state index contributed by atoms with van der Waals surface area (Å²) in [5.41, 5.74) is 0. The van der Waals surface area contributed by atoms with Crippen molar-refractivity contribution in [2.45, 2.75) is 18.9 Å². The van der Waals surface area contributed by atoms with Gasteiger partial charge in [-0.15, -0.1) is 0 Å². The fourth-order valence-corrected chi connectivity index (χ4v) is 1.80. The highest BCUT2D eigenvalue weighted by molar-refractivity contribution is 5.76. The molecule has 0 fully saturated rings. The highest BCUT2D eigenvalue weighted by Gasteiger charge is 2.25. The van der Waals surface area contributed by atoms with Crippen LogP contribution in [0.2, 0.25) is 0 Å². The van der Waals surface area contributed by atoms with Crippen molar-refractivity contribution in [1.82, 2.24) is 20.8 Å². The lowest BCUT2D eigenvalue weighted by molar-refractivity contribution is -0.140. The first-order chi connectivity index (χ1) is 9.15. The van der Waals surface area contributed by atoms with E-state index in [0.29, 0.717) is 25.3 Å². The van der Waals surface area contributed by atoms with Crippen LogP contribution in [0, 0.1) is 5.92 Å². The number of hydrogen-bond donors (Lipinski definition) is 3. The van der Waals surface area contributed by atoms with Crippen LogP contribution in [0.4, 0.5) is 4.79 Å². The van der Waals surface area contributed by atoms with Crippen molar-refractivity contribution >= 4 is 12.0 Å². The molecule has 1 aliphatic carbocycles. The number of carbonyl (C=O) groups excluding carboxylic acids is 1. The molecule has 0 spiro atoms. The second-order valence-corrected chi connectivity index (χ2v) is 4.16. The lowest BCUT2D eigenvalue weighted by atomic mass is 10.1. The number of carboxylic acid groups (broad SMARTS) is 1. The molecule has 0 aliphatic heterocycles. The molecule has 8 heteroatoms. The zero-order chi connectivity index (χ0) is 13.7. The quantitative estimate of drug-likeness (QED) is 0.643. The highest BCUT2D eigenvalue weighted by atomic mass is 16.5. The molecule has 1 aromatic heterocycles. The molecule has 0 radical (unpaired) electrons. The van der Waals surface area contributed by atoms with E-state index < -0.39 is 11.9 Å². The van der Waals surface area contributed by atoms with Crippen LogP contribution in [0.15, 0.2) is 23.0 Å². The maximum Gasteiger partial charge on any atom is 0.315 e. The molecule has 8 nitrogen and oxygen atoms in total. The van der Waals surface area contributed by atoms with Gasteiger partial charge in [-0.05, 0) is 6.42 Å². The van der Waals surface area contributed by atoms with Crippen LogP contribution in [0.25, 0.3) is 0 Å². The van der Waals surface area contributed by atoms with E-state index in [9.17, 15) is 9.59 Å². The van der Waals surface area contributed by atoms with Gasteiger partial charge in [0.05, 0.1) is 12.0 Å². The van der Waals surface area contributed by atoms with Gasteiger partial charge in [0.15, 0.2) is 6.33 Å². The van der Waals surface area contributed by atoms with Crippen LogP contribution in [0.1, 0.15) is 12.3 Å². The number of urea groups is 1. The van der Waals surface area contributed by atoms with Gasteiger partial charge in [-0.2, -0.15) is 4.98 Å².